The summed E-state index contributed by atoms with van der Waals surface area (Å²) in [5, 5.41) is 14.3. The van der Waals surface area contributed by atoms with Crippen molar-refractivity contribution in [2.24, 2.45) is 0 Å². The van der Waals surface area contributed by atoms with Crippen LogP contribution in [-0.2, 0) is 0 Å². The molecule has 5 nitrogen and oxygen atoms in total. The minimum absolute atomic E-state index is 0.0411. The van der Waals surface area contributed by atoms with Crippen molar-refractivity contribution in [1.29, 1.82) is 0 Å². The second-order valence-corrected chi connectivity index (χ2v) is 5.03. The topological polar surface area (TPSA) is 68.1 Å². The molecule has 0 fully saturated rings. The molecule has 1 aromatic carbocycles. The molecule has 0 bridgehead atoms. The molecular formula is C16H19N3O2. The highest BCUT2D eigenvalue weighted by Crippen LogP contribution is 2.26. The van der Waals surface area contributed by atoms with Crippen LogP contribution in [0.15, 0.2) is 42.6 Å². The molecule has 0 radical (unpaired) electrons. The first kappa shape index (κ1) is 15.0. The molecule has 0 spiro atoms. The van der Waals surface area contributed by atoms with E-state index in [2.05, 4.69) is 17.2 Å². The molecule has 2 aromatic rings. The Kier molecular flexibility index (Phi) is 4.87. The number of nitrogens with one attached hydrogen (secondary N) is 1. The van der Waals surface area contributed by atoms with Crippen molar-refractivity contribution in [2.75, 3.05) is 5.32 Å². The maximum absolute atomic E-state index is 10.9. The number of hydrogen-bond donors (Lipinski definition) is 1. The molecule has 1 heterocycles. The molecule has 1 N–H and O–H groups in total. The monoisotopic (exact) mass is 285 g/mol. The van der Waals surface area contributed by atoms with E-state index in [1.807, 2.05) is 25.1 Å². The SMILES string of the molecule is CCCC(Nc1ccc(C)nc1)c1cccc([N+](=O)[O-])c1. The fourth-order valence-electron chi connectivity index (χ4n) is 2.22. The number of nitrogens with zero attached hydrogens (tertiary/aromatic N) is 2. The highest BCUT2D eigenvalue weighted by molar-refractivity contribution is 5.45. The molecule has 0 aliphatic rings. The van der Waals surface area contributed by atoms with E-state index in [1.54, 1.807) is 18.3 Å². The van der Waals surface area contributed by atoms with Crippen LogP contribution in [-0.4, -0.2) is 9.91 Å². The second kappa shape index (κ2) is 6.83. The molecule has 1 atom stereocenters. The quantitative estimate of drug-likeness (QED) is 0.636. The van der Waals surface area contributed by atoms with Crippen molar-refractivity contribution < 1.29 is 4.92 Å². The molecule has 0 amide bonds. The van der Waals surface area contributed by atoms with Gasteiger partial charge in [0, 0.05) is 17.8 Å². The van der Waals surface area contributed by atoms with Gasteiger partial charge in [-0.2, -0.15) is 0 Å². The first-order chi connectivity index (χ1) is 10.1. The largest absolute Gasteiger partial charge is 0.377 e. The van der Waals surface area contributed by atoms with Gasteiger partial charge in [-0.3, -0.25) is 15.1 Å². The first-order valence-corrected chi connectivity index (χ1v) is 7.03. The number of nitro benzene ring substituents is 1. The molecule has 1 aromatic heterocycles. The summed E-state index contributed by atoms with van der Waals surface area (Å²) in [5.41, 5.74) is 2.93. The number of rotatable bonds is 6. The molecule has 1 unspecified atom stereocenters. The highest BCUT2D eigenvalue weighted by Gasteiger charge is 2.14. The van der Waals surface area contributed by atoms with Gasteiger partial charge in [0.05, 0.1) is 22.8 Å². The fraction of sp³-hybridized carbons (Fsp3) is 0.312. The Bertz CT molecular complexity index is 611. The lowest BCUT2D eigenvalue weighted by molar-refractivity contribution is -0.384. The number of aromatic nitrogens is 1. The van der Waals surface area contributed by atoms with Crippen LogP contribution in [0.25, 0.3) is 0 Å². The normalized spacial score (nSPS) is 11.9. The van der Waals surface area contributed by atoms with Crippen LogP contribution in [0.3, 0.4) is 0 Å². The Morgan fingerprint density at radius 1 is 1.33 bits per heavy atom. The Labute approximate surface area is 124 Å². The minimum Gasteiger partial charge on any atom is -0.377 e. The average Bonchev–Trinajstić information content (AvgIpc) is 2.49. The lowest BCUT2D eigenvalue weighted by Gasteiger charge is -2.19. The van der Waals surface area contributed by atoms with Crippen molar-refractivity contribution in [3.63, 3.8) is 0 Å². The molecule has 0 saturated heterocycles. The van der Waals surface area contributed by atoms with Gasteiger partial charge in [-0.1, -0.05) is 25.5 Å². The number of pyridine rings is 1. The van der Waals surface area contributed by atoms with Gasteiger partial charge in [0.2, 0.25) is 0 Å². The number of benzene rings is 1. The van der Waals surface area contributed by atoms with Gasteiger partial charge < -0.3 is 5.32 Å². The van der Waals surface area contributed by atoms with E-state index in [0.29, 0.717) is 0 Å². The predicted molar refractivity (Wildman–Crippen MR) is 83.3 cm³/mol. The third-order valence-electron chi connectivity index (χ3n) is 3.31. The lowest BCUT2D eigenvalue weighted by atomic mass is 10.0. The summed E-state index contributed by atoms with van der Waals surface area (Å²) < 4.78 is 0. The number of non-ortho nitro benzene ring substituents is 1. The molecule has 5 heteroatoms. The minimum atomic E-state index is -0.361. The summed E-state index contributed by atoms with van der Waals surface area (Å²) in [4.78, 5) is 14.8. The summed E-state index contributed by atoms with van der Waals surface area (Å²) in [5.74, 6) is 0. The number of hydrogen-bond acceptors (Lipinski definition) is 4. The fourth-order valence-corrected chi connectivity index (χ4v) is 2.22. The first-order valence-electron chi connectivity index (χ1n) is 7.03. The van der Waals surface area contributed by atoms with Gasteiger partial charge in [0.15, 0.2) is 0 Å². The maximum atomic E-state index is 10.9. The lowest BCUT2D eigenvalue weighted by Crippen LogP contribution is -2.11. The Morgan fingerprint density at radius 2 is 2.14 bits per heavy atom. The van der Waals surface area contributed by atoms with E-state index in [4.69, 9.17) is 0 Å². The summed E-state index contributed by atoms with van der Waals surface area (Å²) in [6.45, 7) is 4.04. The van der Waals surface area contributed by atoms with Gasteiger partial charge in [0.1, 0.15) is 0 Å². The third-order valence-corrected chi connectivity index (χ3v) is 3.31. The van der Waals surface area contributed by atoms with Gasteiger partial charge in [-0.15, -0.1) is 0 Å². The smallest absolute Gasteiger partial charge is 0.269 e. The summed E-state index contributed by atoms with van der Waals surface area (Å²) >= 11 is 0. The molecule has 0 saturated carbocycles. The Hall–Kier alpha value is -2.43. The zero-order chi connectivity index (χ0) is 15.2. The van der Waals surface area contributed by atoms with E-state index >= 15 is 0 Å². The van der Waals surface area contributed by atoms with Crippen molar-refractivity contribution in [2.45, 2.75) is 32.7 Å². The van der Waals surface area contributed by atoms with Crippen LogP contribution in [0.4, 0.5) is 11.4 Å². The standard InChI is InChI=1S/C16H19N3O2/c1-3-5-16(18-14-9-8-12(2)17-11-14)13-6-4-7-15(10-13)19(20)21/h4,6-11,16,18H,3,5H2,1-2H3. The van der Waals surface area contributed by atoms with Gasteiger partial charge >= 0.3 is 0 Å². The van der Waals surface area contributed by atoms with Crippen molar-refractivity contribution >= 4 is 11.4 Å². The number of aryl methyl sites for hydroxylation is 1. The third kappa shape index (κ3) is 4.02. The van der Waals surface area contributed by atoms with Crippen molar-refractivity contribution in [3.05, 3.63) is 64.0 Å². The van der Waals surface area contributed by atoms with Gasteiger partial charge in [-0.25, -0.2) is 0 Å². The molecule has 21 heavy (non-hydrogen) atoms. The van der Waals surface area contributed by atoms with Crippen LogP contribution in [0.2, 0.25) is 0 Å². The zero-order valence-electron chi connectivity index (χ0n) is 12.2. The van der Waals surface area contributed by atoms with Crippen LogP contribution < -0.4 is 5.32 Å². The van der Waals surface area contributed by atoms with Crippen molar-refractivity contribution in [3.8, 4) is 0 Å². The van der Waals surface area contributed by atoms with E-state index < -0.39 is 0 Å². The van der Waals surface area contributed by atoms with E-state index in [-0.39, 0.29) is 16.7 Å². The predicted octanol–water partition coefficient (Wildman–Crippen LogP) is 4.25. The number of anilines is 1. The summed E-state index contributed by atoms with van der Waals surface area (Å²) in [6.07, 6.45) is 3.67. The molecule has 110 valence electrons. The van der Waals surface area contributed by atoms with Crippen LogP contribution in [0.1, 0.15) is 37.1 Å². The van der Waals surface area contributed by atoms with E-state index in [9.17, 15) is 10.1 Å². The molecule has 0 aliphatic heterocycles. The summed E-state index contributed by atoms with van der Waals surface area (Å²) in [6, 6.07) is 10.8. The zero-order valence-corrected chi connectivity index (χ0v) is 12.2. The Balaban J connectivity index is 2.23. The maximum Gasteiger partial charge on any atom is 0.269 e. The Morgan fingerprint density at radius 3 is 2.76 bits per heavy atom. The summed E-state index contributed by atoms with van der Waals surface area (Å²) in [7, 11) is 0. The van der Waals surface area contributed by atoms with E-state index in [1.165, 1.54) is 6.07 Å². The van der Waals surface area contributed by atoms with E-state index in [0.717, 1.165) is 29.8 Å². The second-order valence-electron chi connectivity index (χ2n) is 5.03. The highest BCUT2D eigenvalue weighted by atomic mass is 16.6. The van der Waals surface area contributed by atoms with Crippen molar-refractivity contribution in [1.82, 2.24) is 4.98 Å². The van der Waals surface area contributed by atoms with Crippen LogP contribution in [0.5, 0.6) is 0 Å². The van der Waals surface area contributed by atoms with Gasteiger partial charge in [-0.05, 0) is 31.0 Å². The van der Waals surface area contributed by atoms with Crippen LogP contribution in [0, 0.1) is 17.0 Å². The average molecular weight is 285 g/mol. The number of nitro groups is 1. The molecular weight excluding hydrogens is 266 g/mol. The van der Waals surface area contributed by atoms with Crippen LogP contribution >= 0.6 is 0 Å². The van der Waals surface area contributed by atoms with Gasteiger partial charge in [0.25, 0.3) is 5.69 Å². The molecule has 0 aliphatic carbocycles. The molecule has 2 rings (SSSR count).